The average molecular weight is 438 g/mol. The Bertz CT molecular complexity index is 1230. The van der Waals surface area contributed by atoms with Crippen LogP contribution in [-0.2, 0) is 19.6 Å². The Morgan fingerprint density at radius 3 is 2.47 bits per heavy atom. The summed E-state index contributed by atoms with van der Waals surface area (Å²) in [6.45, 7) is 0.493. The zero-order valence-electron chi connectivity index (χ0n) is 17.4. The van der Waals surface area contributed by atoms with Crippen molar-refractivity contribution < 1.29 is 18.0 Å². The van der Waals surface area contributed by atoms with E-state index in [9.17, 15) is 18.0 Å². The monoisotopic (exact) mass is 438 g/mol. The van der Waals surface area contributed by atoms with Gasteiger partial charge in [-0.2, -0.15) is 18.3 Å². The number of alkyl halides is 3. The van der Waals surface area contributed by atoms with Crippen LogP contribution in [0.5, 0.6) is 0 Å². The lowest BCUT2D eigenvalue weighted by atomic mass is 10.0. The van der Waals surface area contributed by atoms with E-state index in [2.05, 4.69) is 15.4 Å². The van der Waals surface area contributed by atoms with E-state index in [1.54, 1.807) is 19.3 Å². The van der Waals surface area contributed by atoms with Crippen molar-refractivity contribution in [1.82, 2.24) is 20.1 Å². The summed E-state index contributed by atoms with van der Waals surface area (Å²) in [5.74, 6) is -0.272. The third-order valence-corrected chi connectivity index (χ3v) is 5.23. The Morgan fingerprint density at radius 1 is 1.06 bits per heavy atom. The van der Waals surface area contributed by atoms with E-state index in [1.165, 1.54) is 22.4 Å². The smallest absolute Gasteiger partial charge is 0.352 e. The van der Waals surface area contributed by atoms with E-state index in [0.29, 0.717) is 34.4 Å². The minimum atomic E-state index is -4.41. The van der Waals surface area contributed by atoms with Crippen molar-refractivity contribution in [3.63, 3.8) is 0 Å². The van der Waals surface area contributed by atoms with Crippen LogP contribution in [0.1, 0.15) is 27.9 Å². The molecule has 4 aromatic rings. The summed E-state index contributed by atoms with van der Waals surface area (Å²) in [6, 6.07) is 16.3. The Hall–Kier alpha value is -3.68. The second-order valence-corrected chi connectivity index (χ2v) is 7.48. The van der Waals surface area contributed by atoms with Crippen LogP contribution in [0.4, 0.5) is 13.2 Å². The predicted octanol–water partition coefficient (Wildman–Crippen LogP) is 5.02. The molecule has 0 saturated carbocycles. The highest BCUT2D eigenvalue weighted by atomic mass is 19.4. The van der Waals surface area contributed by atoms with Gasteiger partial charge in [0.15, 0.2) is 5.65 Å². The van der Waals surface area contributed by atoms with E-state index in [1.807, 2.05) is 30.3 Å². The summed E-state index contributed by atoms with van der Waals surface area (Å²) in [7, 11) is 1.70. The number of carbonyl (C=O) groups excluding carboxylic acids is 1. The van der Waals surface area contributed by atoms with E-state index in [4.69, 9.17) is 0 Å². The maximum Gasteiger partial charge on any atom is 0.416 e. The maximum atomic E-state index is 12.9. The first-order chi connectivity index (χ1) is 15.3. The molecular weight excluding hydrogens is 417 g/mol. The molecule has 0 aliphatic heterocycles. The minimum Gasteiger partial charge on any atom is -0.352 e. The van der Waals surface area contributed by atoms with Gasteiger partial charge in [-0.25, -0.2) is 4.98 Å². The highest BCUT2D eigenvalue weighted by Crippen LogP contribution is 2.31. The van der Waals surface area contributed by atoms with Gasteiger partial charge in [-0.3, -0.25) is 9.48 Å². The first-order valence-electron chi connectivity index (χ1n) is 10.2. The molecule has 2 aromatic carbocycles. The Kier molecular flexibility index (Phi) is 5.94. The third kappa shape index (κ3) is 4.64. The van der Waals surface area contributed by atoms with Crippen LogP contribution in [0.15, 0.2) is 66.9 Å². The molecular formula is C24H21F3N4O. The summed E-state index contributed by atoms with van der Waals surface area (Å²) in [5.41, 5.74) is 2.22. The summed E-state index contributed by atoms with van der Waals surface area (Å²) >= 11 is 0. The molecule has 1 N–H and O–H groups in total. The Balaban J connectivity index is 1.56. The highest BCUT2D eigenvalue weighted by Gasteiger charge is 2.30. The number of hydrogen-bond donors (Lipinski definition) is 1. The van der Waals surface area contributed by atoms with Crippen LogP contribution < -0.4 is 5.32 Å². The number of nitrogens with one attached hydrogen (secondary N) is 1. The molecule has 0 spiro atoms. The number of hydrogen-bond acceptors (Lipinski definition) is 3. The van der Waals surface area contributed by atoms with Crippen molar-refractivity contribution in [3.05, 3.63) is 83.6 Å². The number of aryl methyl sites for hydroxylation is 2. The molecule has 0 fully saturated rings. The molecule has 2 heterocycles. The van der Waals surface area contributed by atoms with Gasteiger partial charge in [0, 0.05) is 19.2 Å². The van der Waals surface area contributed by atoms with E-state index in [0.717, 1.165) is 25.0 Å². The van der Waals surface area contributed by atoms with E-state index < -0.39 is 11.7 Å². The number of benzene rings is 2. The lowest BCUT2D eigenvalue weighted by Crippen LogP contribution is -2.25. The maximum absolute atomic E-state index is 12.9. The van der Waals surface area contributed by atoms with E-state index >= 15 is 0 Å². The molecule has 0 atom stereocenters. The van der Waals surface area contributed by atoms with Gasteiger partial charge in [-0.1, -0.05) is 42.5 Å². The molecule has 0 aliphatic rings. The first kappa shape index (κ1) is 21.5. The van der Waals surface area contributed by atoms with Crippen molar-refractivity contribution in [3.8, 4) is 11.3 Å². The van der Waals surface area contributed by atoms with Crippen LogP contribution >= 0.6 is 0 Å². The fourth-order valence-corrected chi connectivity index (χ4v) is 3.51. The number of pyridine rings is 1. The molecule has 32 heavy (non-hydrogen) atoms. The van der Waals surface area contributed by atoms with Gasteiger partial charge in [0.1, 0.15) is 0 Å². The Labute approximate surface area is 182 Å². The summed E-state index contributed by atoms with van der Waals surface area (Å²) in [5, 5.41) is 7.69. The zero-order valence-corrected chi connectivity index (χ0v) is 17.4. The molecule has 8 heteroatoms. The molecule has 0 unspecified atom stereocenters. The van der Waals surface area contributed by atoms with Crippen molar-refractivity contribution in [2.45, 2.75) is 19.0 Å². The van der Waals surface area contributed by atoms with Gasteiger partial charge in [0.05, 0.1) is 28.4 Å². The number of carbonyl (C=O) groups is 1. The van der Waals surface area contributed by atoms with Crippen LogP contribution in [0, 0.1) is 0 Å². The summed E-state index contributed by atoms with van der Waals surface area (Å²) < 4.78 is 40.2. The zero-order chi connectivity index (χ0) is 22.7. The number of fused-ring (bicyclic) bond motifs is 1. The molecule has 0 aliphatic carbocycles. The average Bonchev–Trinajstić information content (AvgIpc) is 3.17. The molecule has 0 bridgehead atoms. The topological polar surface area (TPSA) is 59.8 Å². The fourth-order valence-electron chi connectivity index (χ4n) is 3.51. The number of rotatable bonds is 6. The van der Waals surface area contributed by atoms with Gasteiger partial charge < -0.3 is 5.32 Å². The molecule has 5 nitrogen and oxygen atoms in total. The van der Waals surface area contributed by atoms with Gasteiger partial charge in [0.25, 0.3) is 5.91 Å². The predicted molar refractivity (Wildman–Crippen MR) is 116 cm³/mol. The van der Waals surface area contributed by atoms with Gasteiger partial charge in [0.2, 0.25) is 0 Å². The van der Waals surface area contributed by atoms with Crippen molar-refractivity contribution in [2.24, 2.45) is 7.05 Å². The van der Waals surface area contributed by atoms with Crippen LogP contribution in [0.25, 0.3) is 22.3 Å². The minimum absolute atomic E-state index is 0.272. The quantitative estimate of drug-likeness (QED) is 0.430. The number of nitrogens with zero attached hydrogens (tertiary/aromatic N) is 3. The van der Waals surface area contributed by atoms with E-state index in [-0.39, 0.29) is 5.91 Å². The SMILES string of the molecule is Cn1ncc2c(C(=O)NCCCc3ccccc3)cc(-c3ccc(C(F)(F)F)cc3)nc21. The second kappa shape index (κ2) is 8.82. The van der Waals surface area contributed by atoms with Crippen LogP contribution in [0.2, 0.25) is 0 Å². The molecule has 4 rings (SSSR count). The molecule has 1 amide bonds. The lowest BCUT2D eigenvalue weighted by molar-refractivity contribution is -0.137. The largest absolute Gasteiger partial charge is 0.416 e. The van der Waals surface area contributed by atoms with Gasteiger partial charge in [-0.05, 0) is 36.6 Å². The fraction of sp³-hybridized carbons (Fsp3) is 0.208. The molecule has 0 saturated heterocycles. The van der Waals surface area contributed by atoms with Crippen molar-refractivity contribution in [2.75, 3.05) is 6.54 Å². The van der Waals surface area contributed by atoms with Crippen LogP contribution in [-0.4, -0.2) is 27.2 Å². The number of aromatic nitrogens is 3. The summed E-state index contributed by atoms with van der Waals surface area (Å²) in [6.07, 6.45) is -1.22. The number of amides is 1. The number of halogens is 3. The van der Waals surface area contributed by atoms with Crippen molar-refractivity contribution in [1.29, 1.82) is 0 Å². The first-order valence-corrected chi connectivity index (χ1v) is 10.2. The third-order valence-electron chi connectivity index (χ3n) is 5.23. The molecule has 0 radical (unpaired) electrons. The second-order valence-electron chi connectivity index (χ2n) is 7.48. The normalized spacial score (nSPS) is 11.6. The standard InChI is InChI=1S/C24H21F3N4O/c1-31-22-20(15-29-31)19(23(32)28-13-5-8-16-6-3-2-4-7-16)14-21(30-22)17-9-11-18(12-10-17)24(25,26)27/h2-4,6-7,9-12,14-15H,5,8,13H2,1H3,(H,28,32). The highest BCUT2D eigenvalue weighted by molar-refractivity contribution is 6.06. The van der Waals surface area contributed by atoms with Gasteiger partial charge in [-0.15, -0.1) is 0 Å². The Morgan fingerprint density at radius 2 is 1.78 bits per heavy atom. The van der Waals surface area contributed by atoms with Gasteiger partial charge >= 0.3 is 6.18 Å². The molecule has 164 valence electrons. The summed E-state index contributed by atoms with van der Waals surface area (Å²) in [4.78, 5) is 17.4. The van der Waals surface area contributed by atoms with Crippen molar-refractivity contribution >= 4 is 16.9 Å². The van der Waals surface area contributed by atoms with Crippen LogP contribution in [0.3, 0.4) is 0 Å². The molecule has 2 aromatic heterocycles. The lowest BCUT2D eigenvalue weighted by Gasteiger charge is -2.10.